The maximum atomic E-state index is 14.2. The van der Waals surface area contributed by atoms with Gasteiger partial charge in [0, 0.05) is 43.5 Å². The molecule has 2 aromatic carbocycles. The van der Waals surface area contributed by atoms with E-state index in [9.17, 15) is 14.3 Å². The predicted molar refractivity (Wildman–Crippen MR) is 168 cm³/mol. The van der Waals surface area contributed by atoms with E-state index in [-0.39, 0.29) is 28.4 Å². The van der Waals surface area contributed by atoms with Gasteiger partial charge in [-0.1, -0.05) is 18.2 Å². The van der Waals surface area contributed by atoms with Gasteiger partial charge in [0.25, 0.3) is 0 Å². The van der Waals surface area contributed by atoms with Crippen LogP contribution in [-0.2, 0) is 10.4 Å². The average molecular weight is 613 g/mol. The van der Waals surface area contributed by atoms with Crippen LogP contribution in [-0.4, -0.2) is 70.7 Å². The largest absolute Gasteiger partial charge is 0.494 e. The summed E-state index contributed by atoms with van der Waals surface area (Å²) in [5.41, 5.74) is 1.05. The summed E-state index contributed by atoms with van der Waals surface area (Å²) >= 11 is 6.01. The van der Waals surface area contributed by atoms with Crippen LogP contribution in [0, 0.1) is 5.82 Å². The normalized spacial score (nSPS) is 15.2. The van der Waals surface area contributed by atoms with Crippen LogP contribution in [0.4, 0.5) is 39.0 Å². The number of nitrogens with zero attached hydrogens (tertiary/aromatic N) is 5. The van der Waals surface area contributed by atoms with Gasteiger partial charge < -0.3 is 30.7 Å². The number of aliphatic hydroxyl groups is 1. The molecular weight excluding hydrogens is 575 g/mol. The number of aromatic nitrogens is 3. The van der Waals surface area contributed by atoms with E-state index in [2.05, 4.69) is 54.2 Å². The molecule has 4 N–H and O–H groups in total. The number of carbonyl (C=O) groups excluding carboxylic acids is 1. The summed E-state index contributed by atoms with van der Waals surface area (Å²) in [5, 5.41) is 19.4. The molecule has 43 heavy (non-hydrogen) atoms. The quantitative estimate of drug-likeness (QED) is 0.197. The van der Waals surface area contributed by atoms with Gasteiger partial charge in [0.05, 0.1) is 34.8 Å². The van der Waals surface area contributed by atoms with Gasteiger partial charge in [-0.2, -0.15) is 4.98 Å². The maximum Gasteiger partial charge on any atom is 0.247 e. The molecule has 0 bridgehead atoms. The molecule has 13 heteroatoms. The van der Waals surface area contributed by atoms with Crippen LogP contribution in [0.15, 0.2) is 43.2 Å². The number of methoxy groups -OCH3 is 1. The molecule has 4 rings (SSSR count). The van der Waals surface area contributed by atoms with Crippen molar-refractivity contribution in [3.05, 3.63) is 59.7 Å². The lowest BCUT2D eigenvalue weighted by Crippen LogP contribution is -2.35. The first-order chi connectivity index (χ1) is 20.4. The number of nitrogens with one attached hydrogen (secondary N) is 3. The molecule has 3 aromatic rings. The second-order valence-corrected chi connectivity index (χ2v) is 11.4. The summed E-state index contributed by atoms with van der Waals surface area (Å²) in [7, 11) is 3.52. The number of hydrogen-bond acceptors (Lipinski definition) is 10. The van der Waals surface area contributed by atoms with E-state index < -0.39 is 11.4 Å². The lowest BCUT2D eigenvalue weighted by atomic mass is 9.96. The Morgan fingerprint density at radius 3 is 2.53 bits per heavy atom. The number of halogens is 2. The van der Waals surface area contributed by atoms with Gasteiger partial charge in [-0.15, -0.1) is 0 Å². The van der Waals surface area contributed by atoms with E-state index in [0.29, 0.717) is 28.9 Å². The number of ether oxygens (including phenoxy) is 1. The smallest absolute Gasteiger partial charge is 0.247 e. The van der Waals surface area contributed by atoms with Gasteiger partial charge in [-0.25, -0.2) is 14.4 Å². The van der Waals surface area contributed by atoms with Crippen molar-refractivity contribution < 1.29 is 19.0 Å². The Labute approximate surface area is 256 Å². The molecule has 0 aliphatic carbocycles. The molecule has 11 nitrogen and oxygen atoms in total. The molecule has 1 aliphatic rings. The molecule has 1 aliphatic heterocycles. The number of likely N-dealkylation sites (N-methyl/N-ethyl adjacent to an activating group) is 1. The molecule has 0 unspecified atom stereocenters. The van der Waals surface area contributed by atoms with Gasteiger partial charge in [0.1, 0.15) is 17.9 Å². The first kappa shape index (κ1) is 31.9. The number of likely N-dealkylation sites (tertiary alicyclic amines) is 1. The number of hydrogen-bond donors (Lipinski definition) is 4. The maximum absolute atomic E-state index is 14.2. The molecule has 1 fully saturated rings. The van der Waals surface area contributed by atoms with Gasteiger partial charge in [-0.05, 0) is 64.4 Å². The fraction of sp³-hybridized carbons (Fsp3) is 0.400. The van der Waals surface area contributed by atoms with Crippen molar-refractivity contribution in [1.29, 1.82) is 0 Å². The van der Waals surface area contributed by atoms with E-state index in [0.717, 1.165) is 25.3 Å². The zero-order valence-electron chi connectivity index (χ0n) is 25.0. The summed E-state index contributed by atoms with van der Waals surface area (Å²) in [6.07, 6.45) is 4.90. The molecule has 230 valence electrons. The monoisotopic (exact) mass is 612 g/mol. The number of benzene rings is 2. The molecule has 0 spiro atoms. The van der Waals surface area contributed by atoms with Crippen LogP contribution >= 0.6 is 11.6 Å². The summed E-state index contributed by atoms with van der Waals surface area (Å²) < 4.78 is 19.9. The molecule has 1 amide bonds. The van der Waals surface area contributed by atoms with Crippen LogP contribution in [0.3, 0.4) is 0 Å². The van der Waals surface area contributed by atoms with E-state index in [1.807, 2.05) is 13.1 Å². The Bertz CT molecular complexity index is 1480. The van der Waals surface area contributed by atoms with Gasteiger partial charge >= 0.3 is 0 Å². The third-order valence-corrected chi connectivity index (χ3v) is 7.66. The van der Waals surface area contributed by atoms with Crippen molar-refractivity contribution in [2.45, 2.75) is 45.3 Å². The minimum atomic E-state index is -1.37. The SMILES string of the molecule is C=CC(=O)Nc1cc(Nc2ncnc(Nc3cc(Cl)c(F)cc3C(C)(C)O)n2)c(OC)cc1N(C)CCN1CCC[C@@H]1C. The average Bonchev–Trinajstić information content (AvgIpc) is 3.37. The van der Waals surface area contributed by atoms with Crippen molar-refractivity contribution in [3.63, 3.8) is 0 Å². The fourth-order valence-electron chi connectivity index (χ4n) is 4.97. The highest BCUT2D eigenvalue weighted by Gasteiger charge is 2.24. The second kappa shape index (κ2) is 13.5. The van der Waals surface area contributed by atoms with Crippen LogP contribution in [0.5, 0.6) is 5.75 Å². The van der Waals surface area contributed by atoms with Crippen molar-refractivity contribution in [1.82, 2.24) is 19.9 Å². The Kier molecular flexibility index (Phi) is 10.0. The van der Waals surface area contributed by atoms with Crippen molar-refractivity contribution in [2.24, 2.45) is 0 Å². The fourth-order valence-corrected chi connectivity index (χ4v) is 5.14. The molecule has 2 heterocycles. The second-order valence-electron chi connectivity index (χ2n) is 11.0. The summed E-state index contributed by atoms with van der Waals surface area (Å²) in [6.45, 7) is 11.6. The third kappa shape index (κ3) is 7.89. The molecule has 0 radical (unpaired) electrons. The Balaban J connectivity index is 1.62. The van der Waals surface area contributed by atoms with Crippen molar-refractivity contribution in [2.75, 3.05) is 54.6 Å². The Hall–Kier alpha value is -4.00. The van der Waals surface area contributed by atoms with Crippen LogP contribution in [0.2, 0.25) is 5.02 Å². The highest BCUT2D eigenvalue weighted by molar-refractivity contribution is 6.31. The molecule has 1 atom stereocenters. The molecular formula is C30H38ClFN8O3. The van der Waals surface area contributed by atoms with Gasteiger partial charge in [0.15, 0.2) is 0 Å². The standard InChI is InChI=1S/C30H38ClFN8O3/c1-7-27(41)35-23-15-24(26(43-6)16-25(23)39(5)11-12-40-10-8-9-18(40)2)37-29-34-17-33-28(38-29)36-22-14-20(31)21(32)13-19(22)30(3,4)42/h7,13-18,42H,1,8-12H2,2-6H3,(H,35,41)(H2,33,34,36,37,38)/t18-/m0/s1. The van der Waals surface area contributed by atoms with Crippen LogP contribution < -0.4 is 25.6 Å². The van der Waals surface area contributed by atoms with Gasteiger partial charge in [0.2, 0.25) is 17.8 Å². The molecule has 0 saturated carbocycles. The molecule has 1 aromatic heterocycles. The van der Waals surface area contributed by atoms with E-state index in [1.54, 1.807) is 13.2 Å². The zero-order valence-corrected chi connectivity index (χ0v) is 25.8. The summed E-state index contributed by atoms with van der Waals surface area (Å²) in [4.78, 5) is 29.7. The number of amides is 1. The van der Waals surface area contributed by atoms with E-state index in [1.165, 1.54) is 51.2 Å². The number of carbonyl (C=O) groups is 1. The number of anilines is 6. The lowest BCUT2D eigenvalue weighted by Gasteiger charge is -2.28. The van der Waals surface area contributed by atoms with Crippen LogP contribution in [0.25, 0.3) is 0 Å². The van der Waals surface area contributed by atoms with Crippen molar-refractivity contribution >= 4 is 52.2 Å². The Morgan fingerprint density at radius 2 is 1.93 bits per heavy atom. The lowest BCUT2D eigenvalue weighted by molar-refractivity contribution is -0.111. The minimum absolute atomic E-state index is 0.123. The predicted octanol–water partition coefficient (Wildman–Crippen LogP) is 5.43. The first-order valence-electron chi connectivity index (χ1n) is 13.9. The Morgan fingerprint density at radius 1 is 1.23 bits per heavy atom. The zero-order chi connectivity index (χ0) is 31.3. The number of rotatable bonds is 12. The summed E-state index contributed by atoms with van der Waals surface area (Å²) in [5.74, 6) is -0.228. The first-order valence-corrected chi connectivity index (χ1v) is 14.3. The summed E-state index contributed by atoms with van der Waals surface area (Å²) in [6, 6.07) is 6.66. The van der Waals surface area contributed by atoms with E-state index in [4.69, 9.17) is 16.3 Å². The highest BCUT2D eigenvalue weighted by Crippen LogP contribution is 2.38. The van der Waals surface area contributed by atoms with Crippen LogP contribution in [0.1, 0.15) is 39.2 Å². The van der Waals surface area contributed by atoms with Crippen molar-refractivity contribution in [3.8, 4) is 5.75 Å². The topological polar surface area (TPSA) is 128 Å². The third-order valence-electron chi connectivity index (χ3n) is 7.37. The van der Waals surface area contributed by atoms with Gasteiger partial charge in [-0.3, -0.25) is 9.69 Å². The highest BCUT2D eigenvalue weighted by atomic mass is 35.5. The minimum Gasteiger partial charge on any atom is -0.494 e. The van der Waals surface area contributed by atoms with E-state index >= 15 is 0 Å². The molecule has 1 saturated heterocycles.